The lowest BCUT2D eigenvalue weighted by Crippen LogP contribution is -2.41. The third kappa shape index (κ3) is 3.97. The normalized spacial score (nSPS) is 24.1. The molecule has 4 nitrogen and oxygen atoms in total. The summed E-state index contributed by atoms with van der Waals surface area (Å²) in [5.41, 5.74) is 1.81. The summed E-state index contributed by atoms with van der Waals surface area (Å²) < 4.78 is 25.9. The molecule has 2 fully saturated rings. The first-order valence-corrected chi connectivity index (χ1v) is 10.7. The van der Waals surface area contributed by atoms with Crippen LogP contribution in [0.2, 0.25) is 0 Å². The number of rotatable bonds is 4. The van der Waals surface area contributed by atoms with Crippen LogP contribution in [0, 0.1) is 6.92 Å². The zero-order valence-electron chi connectivity index (χ0n) is 19.8. The molecule has 2 saturated heterocycles. The van der Waals surface area contributed by atoms with Crippen molar-refractivity contribution in [2.45, 2.75) is 98.1 Å². The molecule has 29 heavy (non-hydrogen) atoms. The van der Waals surface area contributed by atoms with Crippen molar-refractivity contribution in [1.29, 1.82) is 0 Å². The molecule has 0 spiro atoms. The van der Waals surface area contributed by atoms with Crippen LogP contribution in [0.25, 0.3) is 5.57 Å². The predicted octanol–water partition coefficient (Wildman–Crippen LogP) is 5.42. The second kappa shape index (κ2) is 7.26. The molecule has 0 N–H and O–H groups in total. The van der Waals surface area contributed by atoms with E-state index in [2.05, 4.69) is 93.5 Å². The van der Waals surface area contributed by atoms with Gasteiger partial charge in [-0.15, -0.1) is 0 Å². The minimum atomic E-state index is -0.522. The molecule has 0 aliphatic carbocycles. The summed E-state index contributed by atoms with van der Waals surface area (Å²) in [6, 6.07) is 8.59. The molecule has 0 radical (unpaired) electrons. The highest BCUT2D eigenvalue weighted by molar-refractivity contribution is 6.80. The van der Waals surface area contributed by atoms with E-state index in [-0.39, 0.29) is 0 Å². The Hall–Kier alpha value is -1.07. The monoisotopic (exact) mass is 398 g/mol. The van der Waals surface area contributed by atoms with Gasteiger partial charge in [0.25, 0.3) is 0 Å². The summed E-state index contributed by atoms with van der Waals surface area (Å²) >= 11 is 0. The molecule has 2 heterocycles. The second-order valence-corrected chi connectivity index (χ2v) is 10.3. The van der Waals surface area contributed by atoms with Crippen LogP contribution in [-0.4, -0.2) is 36.6 Å². The topological polar surface area (TPSA) is 36.9 Å². The van der Waals surface area contributed by atoms with Gasteiger partial charge in [0.15, 0.2) is 0 Å². The molecule has 1 aromatic rings. The summed E-state index contributed by atoms with van der Waals surface area (Å²) in [7, 11) is -1.04. The Balaban J connectivity index is 2.13. The van der Waals surface area contributed by atoms with Crippen LogP contribution in [0.3, 0.4) is 0 Å². The van der Waals surface area contributed by atoms with Crippen molar-refractivity contribution >= 4 is 19.8 Å². The van der Waals surface area contributed by atoms with E-state index < -0.39 is 36.6 Å². The van der Waals surface area contributed by atoms with Gasteiger partial charge in [0.1, 0.15) is 0 Å². The highest BCUT2D eigenvalue weighted by Crippen LogP contribution is 2.45. The van der Waals surface area contributed by atoms with E-state index in [1.54, 1.807) is 0 Å². The quantitative estimate of drug-likeness (QED) is 0.635. The van der Waals surface area contributed by atoms with Crippen LogP contribution >= 0.6 is 0 Å². The number of allylic oxidation sites excluding steroid dienone is 1. The van der Waals surface area contributed by atoms with Gasteiger partial charge in [0.2, 0.25) is 0 Å². The molecular formula is C23H36B2O4. The van der Waals surface area contributed by atoms with Gasteiger partial charge < -0.3 is 18.6 Å². The maximum absolute atomic E-state index is 6.46. The van der Waals surface area contributed by atoms with Crippen LogP contribution in [0.5, 0.6) is 0 Å². The minimum Gasteiger partial charge on any atom is -0.400 e. The van der Waals surface area contributed by atoms with E-state index in [0.717, 1.165) is 22.9 Å². The molecule has 0 bridgehead atoms. The molecule has 0 unspecified atom stereocenters. The number of benzene rings is 1. The fourth-order valence-corrected chi connectivity index (χ4v) is 3.67. The lowest BCUT2D eigenvalue weighted by molar-refractivity contribution is 0.00578. The van der Waals surface area contributed by atoms with Crippen LogP contribution < -0.4 is 0 Å². The Kier molecular flexibility index (Phi) is 5.66. The molecule has 158 valence electrons. The van der Waals surface area contributed by atoms with Crippen molar-refractivity contribution < 1.29 is 18.6 Å². The smallest absolute Gasteiger partial charge is 0.400 e. The lowest BCUT2D eigenvalue weighted by atomic mass is 9.54. The molecule has 2 aliphatic rings. The van der Waals surface area contributed by atoms with Gasteiger partial charge in [-0.05, 0) is 85.2 Å². The summed E-state index contributed by atoms with van der Waals surface area (Å²) in [5.74, 6) is 0. The molecule has 2 aliphatic heterocycles. The van der Waals surface area contributed by atoms with Gasteiger partial charge in [-0.3, -0.25) is 0 Å². The SMILES string of the molecule is CCC(=C(B1OC(C)(C)C(C)(C)O1)B1OC(C)(C)C(C)(C)O1)c1ccc(C)cc1. The Morgan fingerprint density at radius 2 is 1.03 bits per heavy atom. The maximum Gasteiger partial charge on any atom is 0.486 e. The summed E-state index contributed by atoms with van der Waals surface area (Å²) in [6.45, 7) is 20.9. The zero-order valence-corrected chi connectivity index (χ0v) is 19.8. The van der Waals surface area contributed by atoms with Crippen LogP contribution in [0.15, 0.2) is 29.6 Å². The van der Waals surface area contributed by atoms with E-state index >= 15 is 0 Å². The Morgan fingerprint density at radius 1 is 0.690 bits per heavy atom. The van der Waals surface area contributed by atoms with Gasteiger partial charge in [0.05, 0.1) is 22.4 Å². The maximum atomic E-state index is 6.46. The average molecular weight is 398 g/mol. The average Bonchev–Trinajstić information content (AvgIpc) is 2.92. The lowest BCUT2D eigenvalue weighted by Gasteiger charge is -2.32. The fraction of sp³-hybridized carbons (Fsp3) is 0.652. The number of aryl methyl sites for hydroxylation is 1. The number of hydrogen-bond donors (Lipinski definition) is 0. The highest BCUT2D eigenvalue weighted by atomic mass is 16.7. The molecule has 0 saturated carbocycles. The van der Waals surface area contributed by atoms with Gasteiger partial charge in [-0.25, -0.2) is 0 Å². The third-order valence-electron chi connectivity index (χ3n) is 7.12. The molecule has 6 heteroatoms. The zero-order chi connectivity index (χ0) is 21.8. The first kappa shape index (κ1) is 22.6. The minimum absolute atomic E-state index is 0.432. The van der Waals surface area contributed by atoms with Crippen LogP contribution in [0.4, 0.5) is 0 Å². The number of hydrogen-bond acceptors (Lipinski definition) is 4. The molecule has 0 atom stereocenters. The van der Waals surface area contributed by atoms with Gasteiger partial charge in [-0.2, -0.15) is 0 Å². The van der Waals surface area contributed by atoms with Crippen LogP contribution in [-0.2, 0) is 18.6 Å². The van der Waals surface area contributed by atoms with Crippen molar-refractivity contribution in [2.24, 2.45) is 0 Å². The van der Waals surface area contributed by atoms with Gasteiger partial charge >= 0.3 is 14.2 Å². The Bertz CT molecular complexity index is 724. The Labute approximate surface area is 177 Å². The van der Waals surface area contributed by atoms with Gasteiger partial charge in [0, 0.05) is 0 Å². The van der Waals surface area contributed by atoms with Crippen molar-refractivity contribution in [1.82, 2.24) is 0 Å². The Morgan fingerprint density at radius 3 is 1.34 bits per heavy atom. The van der Waals surface area contributed by atoms with Crippen molar-refractivity contribution in [2.75, 3.05) is 0 Å². The van der Waals surface area contributed by atoms with E-state index in [4.69, 9.17) is 18.6 Å². The predicted molar refractivity (Wildman–Crippen MR) is 121 cm³/mol. The highest BCUT2D eigenvalue weighted by Gasteiger charge is 2.60. The molecule has 1 aromatic carbocycles. The summed E-state index contributed by atoms with van der Waals surface area (Å²) in [6.07, 6.45) is 0.826. The van der Waals surface area contributed by atoms with Crippen molar-refractivity contribution in [3.05, 3.63) is 40.8 Å². The van der Waals surface area contributed by atoms with E-state index in [9.17, 15) is 0 Å². The molecular weight excluding hydrogens is 362 g/mol. The molecule has 0 aromatic heterocycles. The van der Waals surface area contributed by atoms with Gasteiger partial charge in [-0.1, -0.05) is 36.8 Å². The van der Waals surface area contributed by atoms with E-state index in [1.807, 2.05) is 0 Å². The second-order valence-electron chi connectivity index (χ2n) is 10.3. The third-order valence-corrected chi connectivity index (χ3v) is 7.12. The van der Waals surface area contributed by atoms with E-state index in [0.29, 0.717) is 0 Å². The van der Waals surface area contributed by atoms with Crippen molar-refractivity contribution in [3.63, 3.8) is 0 Å². The first-order chi connectivity index (χ1) is 13.2. The first-order valence-electron chi connectivity index (χ1n) is 10.7. The molecule has 3 rings (SSSR count). The van der Waals surface area contributed by atoms with Crippen molar-refractivity contribution in [3.8, 4) is 0 Å². The standard InChI is InChI=1S/C23H36B2O4/c1-11-18(17-14-12-16(2)13-15-17)19(24-26-20(3,4)21(5,6)27-24)25-28-22(7,8)23(9,10)29-25/h12-15H,11H2,1-10H3. The summed E-state index contributed by atoms with van der Waals surface area (Å²) in [4.78, 5) is 0. The van der Waals surface area contributed by atoms with E-state index in [1.165, 1.54) is 5.56 Å². The largest absolute Gasteiger partial charge is 0.486 e. The summed E-state index contributed by atoms with van der Waals surface area (Å²) in [5, 5.41) is 0.939. The molecule has 0 amide bonds. The fourth-order valence-electron chi connectivity index (χ4n) is 3.67. The van der Waals surface area contributed by atoms with Crippen LogP contribution in [0.1, 0.15) is 79.9 Å².